The van der Waals surface area contributed by atoms with Crippen molar-refractivity contribution < 1.29 is 19.4 Å². The van der Waals surface area contributed by atoms with Gasteiger partial charge in [0.1, 0.15) is 19.3 Å². The van der Waals surface area contributed by atoms with Crippen LogP contribution in [0.3, 0.4) is 0 Å². The molecule has 1 amide bonds. The molecule has 3 aromatic carbocycles. The first-order valence-electron chi connectivity index (χ1n) is 8.85. The first kappa shape index (κ1) is 18.8. The Balaban J connectivity index is 1.73. The van der Waals surface area contributed by atoms with Gasteiger partial charge in [-0.3, -0.25) is 4.79 Å². The molecule has 0 aromatic heterocycles. The topological polar surface area (TPSA) is 67.8 Å². The van der Waals surface area contributed by atoms with Crippen molar-refractivity contribution in [2.75, 3.05) is 18.5 Å². The largest absolute Gasteiger partial charge is 0.486 e. The fourth-order valence-corrected chi connectivity index (χ4v) is 3.62. The normalized spacial score (nSPS) is 13.6. The van der Waals surface area contributed by atoms with Crippen LogP contribution in [-0.2, 0) is 0 Å². The van der Waals surface area contributed by atoms with Crippen LogP contribution in [0.15, 0.2) is 66.7 Å². The minimum absolute atomic E-state index is 0.253. The van der Waals surface area contributed by atoms with Crippen LogP contribution in [0.4, 0.5) is 5.69 Å². The first-order valence-corrected chi connectivity index (χ1v) is 9.93. The molecule has 4 rings (SSSR count). The Kier molecular flexibility index (Phi) is 5.50. The maximum Gasteiger partial charge on any atom is 0.255 e. The molecule has 0 spiro atoms. The fraction of sp³-hybridized carbons (Fsp3) is 0.136. The molecule has 6 heteroatoms. The van der Waals surface area contributed by atoms with Crippen LogP contribution >= 0.6 is 22.6 Å². The lowest BCUT2D eigenvalue weighted by molar-refractivity contribution is 0.102. The number of benzene rings is 3. The van der Waals surface area contributed by atoms with Gasteiger partial charge in [-0.1, -0.05) is 36.4 Å². The van der Waals surface area contributed by atoms with Gasteiger partial charge in [-0.05, 0) is 52.4 Å². The van der Waals surface area contributed by atoms with Crippen LogP contribution < -0.4 is 14.8 Å². The van der Waals surface area contributed by atoms with Gasteiger partial charge in [-0.2, -0.15) is 0 Å². The van der Waals surface area contributed by atoms with Crippen molar-refractivity contribution in [3.05, 3.63) is 87.0 Å². The number of fused-ring (bicyclic) bond motifs is 1. The minimum Gasteiger partial charge on any atom is -0.486 e. The summed E-state index contributed by atoms with van der Waals surface area (Å²) in [4.78, 5) is 12.8. The third kappa shape index (κ3) is 3.98. The molecule has 1 heterocycles. The van der Waals surface area contributed by atoms with Crippen LogP contribution in [0.25, 0.3) is 0 Å². The number of hydrogen-bond acceptors (Lipinski definition) is 4. The highest BCUT2D eigenvalue weighted by Gasteiger charge is 2.22. The smallest absolute Gasteiger partial charge is 0.255 e. The molecule has 142 valence electrons. The summed E-state index contributed by atoms with van der Waals surface area (Å²) in [6, 6.07) is 20.1. The van der Waals surface area contributed by atoms with Gasteiger partial charge in [0.25, 0.3) is 5.91 Å². The lowest BCUT2D eigenvalue weighted by Gasteiger charge is -2.23. The Morgan fingerprint density at radius 2 is 1.68 bits per heavy atom. The number of carbonyl (C=O) groups is 1. The van der Waals surface area contributed by atoms with E-state index in [1.165, 1.54) is 0 Å². The standard InChI is InChI=1S/C22H18INO4/c23-16-8-4-7-15(11-16)22(26)24-18-13-20-19(27-9-10-28-20)12-17(18)21(25)14-5-2-1-3-6-14/h1-8,11-13,21,25H,9-10H2,(H,24,26). The van der Waals surface area contributed by atoms with E-state index >= 15 is 0 Å². The summed E-state index contributed by atoms with van der Waals surface area (Å²) in [5.74, 6) is 0.855. The highest BCUT2D eigenvalue weighted by Crippen LogP contribution is 2.39. The van der Waals surface area contributed by atoms with E-state index < -0.39 is 6.10 Å². The number of aliphatic hydroxyl groups excluding tert-OH is 1. The van der Waals surface area contributed by atoms with Crippen LogP contribution in [0.1, 0.15) is 27.6 Å². The second-order valence-corrected chi connectivity index (χ2v) is 7.61. The Hall–Kier alpha value is -2.58. The van der Waals surface area contributed by atoms with Gasteiger partial charge >= 0.3 is 0 Å². The number of hydrogen-bond donors (Lipinski definition) is 2. The highest BCUT2D eigenvalue weighted by molar-refractivity contribution is 14.1. The van der Waals surface area contributed by atoms with Gasteiger partial charge in [-0.15, -0.1) is 0 Å². The van der Waals surface area contributed by atoms with E-state index in [4.69, 9.17) is 9.47 Å². The number of ether oxygens (including phenoxy) is 2. The van der Waals surface area contributed by atoms with Crippen molar-refractivity contribution in [2.45, 2.75) is 6.10 Å². The van der Waals surface area contributed by atoms with Crippen LogP contribution in [0, 0.1) is 3.57 Å². The van der Waals surface area contributed by atoms with Gasteiger partial charge in [-0.25, -0.2) is 0 Å². The van der Waals surface area contributed by atoms with Crippen molar-refractivity contribution in [1.82, 2.24) is 0 Å². The summed E-state index contributed by atoms with van der Waals surface area (Å²) < 4.78 is 12.3. The summed E-state index contributed by atoms with van der Waals surface area (Å²) >= 11 is 2.17. The Labute approximate surface area is 176 Å². The molecule has 1 aliphatic rings. The van der Waals surface area contributed by atoms with Gasteiger partial charge < -0.3 is 19.9 Å². The number of anilines is 1. The van der Waals surface area contributed by atoms with E-state index in [2.05, 4.69) is 27.9 Å². The van der Waals surface area contributed by atoms with Crippen LogP contribution in [0.2, 0.25) is 0 Å². The predicted octanol–water partition coefficient (Wildman–Crippen LogP) is 4.40. The monoisotopic (exact) mass is 487 g/mol. The number of aliphatic hydroxyl groups is 1. The van der Waals surface area contributed by atoms with Crippen LogP contribution in [-0.4, -0.2) is 24.2 Å². The molecule has 0 radical (unpaired) electrons. The summed E-state index contributed by atoms with van der Waals surface area (Å²) in [7, 11) is 0. The lowest BCUT2D eigenvalue weighted by Crippen LogP contribution is -2.19. The molecule has 0 bridgehead atoms. The highest BCUT2D eigenvalue weighted by atomic mass is 127. The molecule has 3 aromatic rings. The van der Waals surface area contributed by atoms with Crippen LogP contribution in [0.5, 0.6) is 11.5 Å². The average Bonchev–Trinajstić information content (AvgIpc) is 2.73. The van der Waals surface area contributed by atoms with Gasteiger partial charge in [0.2, 0.25) is 0 Å². The minimum atomic E-state index is -0.914. The number of nitrogens with one attached hydrogen (secondary N) is 1. The molecule has 0 aliphatic carbocycles. The Morgan fingerprint density at radius 1 is 0.964 bits per heavy atom. The maximum atomic E-state index is 12.8. The summed E-state index contributed by atoms with van der Waals surface area (Å²) in [6.45, 7) is 0.889. The van der Waals surface area contributed by atoms with Crippen molar-refractivity contribution in [3.63, 3.8) is 0 Å². The number of amides is 1. The molecule has 1 unspecified atom stereocenters. The number of carbonyl (C=O) groups excluding carboxylic acids is 1. The van der Waals surface area contributed by atoms with Gasteiger partial charge in [0.05, 0.1) is 5.69 Å². The third-order valence-electron chi connectivity index (χ3n) is 4.46. The molecule has 0 fully saturated rings. The van der Waals surface area contributed by atoms with Crippen molar-refractivity contribution >= 4 is 34.2 Å². The Bertz CT molecular complexity index is 1010. The van der Waals surface area contributed by atoms with Crippen molar-refractivity contribution in [2.24, 2.45) is 0 Å². The SMILES string of the molecule is O=C(Nc1cc2c(cc1C(O)c1ccccc1)OCCO2)c1cccc(I)c1. The number of rotatable bonds is 4. The van der Waals surface area contributed by atoms with E-state index in [-0.39, 0.29) is 5.91 Å². The molecule has 0 saturated heterocycles. The van der Waals surface area contributed by atoms with E-state index in [0.717, 1.165) is 9.13 Å². The molecule has 28 heavy (non-hydrogen) atoms. The zero-order valence-electron chi connectivity index (χ0n) is 14.9. The van der Waals surface area contributed by atoms with Crippen molar-refractivity contribution in [1.29, 1.82) is 0 Å². The quantitative estimate of drug-likeness (QED) is 0.536. The summed E-state index contributed by atoms with van der Waals surface area (Å²) in [6.07, 6.45) is -0.914. The van der Waals surface area contributed by atoms with E-state index in [0.29, 0.717) is 41.5 Å². The molecule has 2 N–H and O–H groups in total. The van der Waals surface area contributed by atoms with Gasteiger partial charge in [0, 0.05) is 20.8 Å². The van der Waals surface area contributed by atoms with E-state index in [1.807, 2.05) is 42.5 Å². The molecule has 5 nitrogen and oxygen atoms in total. The predicted molar refractivity (Wildman–Crippen MR) is 115 cm³/mol. The van der Waals surface area contributed by atoms with E-state index in [1.54, 1.807) is 24.3 Å². The van der Waals surface area contributed by atoms with Gasteiger partial charge in [0.15, 0.2) is 11.5 Å². The summed E-state index contributed by atoms with van der Waals surface area (Å²) in [5, 5.41) is 13.9. The molecule has 1 atom stereocenters. The Morgan fingerprint density at radius 3 is 2.39 bits per heavy atom. The molecular formula is C22H18INO4. The fourth-order valence-electron chi connectivity index (χ4n) is 3.08. The second kappa shape index (κ2) is 8.20. The molecule has 1 aliphatic heterocycles. The van der Waals surface area contributed by atoms with Crippen molar-refractivity contribution in [3.8, 4) is 11.5 Å². The third-order valence-corrected chi connectivity index (χ3v) is 5.13. The zero-order chi connectivity index (χ0) is 19.5. The summed E-state index contributed by atoms with van der Waals surface area (Å²) in [5.41, 5.74) is 2.31. The lowest BCUT2D eigenvalue weighted by atomic mass is 9.98. The first-order chi connectivity index (χ1) is 13.6. The van der Waals surface area contributed by atoms with E-state index in [9.17, 15) is 9.90 Å². The second-order valence-electron chi connectivity index (χ2n) is 6.36. The number of halogens is 1. The molecule has 0 saturated carbocycles. The zero-order valence-corrected chi connectivity index (χ0v) is 17.0. The molecular weight excluding hydrogens is 469 g/mol. The maximum absolute atomic E-state index is 12.8. The average molecular weight is 487 g/mol.